The maximum absolute atomic E-state index is 13.0. The smallest absolute Gasteiger partial charge is 0.248 e. The average molecular weight is 435 g/mol. The molecule has 8 nitrogen and oxygen atoms in total. The first kappa shape index (κ1) is 23.1. The summed E-state index contributed by atoms with van der Waals surface area (Å²) in [5.74, 6) is 1.08. The van der Waals surface area contributed by atoms with Crippen LogP contribution in [0.15, 0.2) is 9.42 Å². The summed E-state index contributed by atoms with van der Waals surface area (Å²) in [5.41, 5.74) is 0.381. The van der Waals surface area contributed by atoms with E-state index >= 15 is 0 Å². The number of hydrogen-bond donors (Lipinski definition) is 1. The molecule has 2 aliphatic rings. The first-order chi connectivity index (χ1) is 12.9. The number of sulfonamides is 1. The molecule has 1 N–H and O–H groups in total. The summed E-state index contributed by atoms with van der Waals surface area (Å²) in [6, 6.07) is 0. The van der Waals surface area contributed by atoms with E-state index in [9.17, 15) is 13.2 Å². The van der Waals surface area contributed by atoms with Crippen LogP contribution in [0.1, 0.15) is 43.6 Å². The van der Waals surface area contributed by atoms with Crippen LogP contribution in [0.3, 0.4) is 0 Å². The monoisotopic (exact) mass is 434 g/mol. The van der Waals surface area contributed by atoms with Gasteiger partial charge in [0, 0.05) is 32.6 Å². The Labute approximate surface area is 173 Å². The number of piperidine rings is 1. The van der Waals surface area contributed by atoms with Gasteiger partial charge >= 0.3 is 0 Å². The lowest BCUT2D eigenvalue weighted by molar-refractivity contribution is -0.131. The first-order valence-corrected chi connectivity index (χ1v) is 11.2. The first-order valence-electron chi connectivity index (χ1n) is 9.81. The fourth-order valence-corrected chi connectivity index (χ4v) is 5.77. The van der Waals surface area contributed by atoms with E-state index in [1.54, 1.807) is 13.8 Å². The van der Waals surface area contributed by atoms with E-state index in [0.29, 0.717) is 56.4 Å². The predicted octanol–water partition coefficient (Wildman–Crippen LogP) is 1.72. The highest BCUT2D eigenvalue weighted by Gasteiger charge is 2.32. The zero-order valence-electron chi connectivity index (χ0n) is 16.6. The molecule has 2 fully saturated rings. The van der Waals surface area contributed by atoms with Crippen LogP contribution < -0.4 is 5.32 Å². The van der Waals surface area contributed by atoms with E-state index in [-0.39, 0.29) is 23.2 Å². The van der Waals surface area contributed by atoms with Crippen LogP contribution in [-0.2, 0) is 14.8 Å². The zero-order valence-corrected chi connectivity index (χ0v) is 18.3. The van der Waals surface area contributed by atoms with E-state index in [1.165, 1.54) is 4.31 Å². The second-order valence-electron chi connectivity index (χ2n) is 7.52. The van der Waals surface area contributed by atoms with Crippen molar-refractivity contribution in [2.24, 2.45) is 5.92 Å². The van der Waals surface area contributed by atoms with Gasteiger partial charge in [-0.1, -0.05) is 5.16 Å². The number of aryl methyl sites for hydroxylation is 2. The molecule has 3 rings (SSSR count). The summed E-state index contributed by atoms with van der Waals surface area (Å²) in [5, 5.41) is 7.11. The van der Waals surface area contributed by atoms with Crippen LogP contribution in [0.2, 0.25) is 0 Å². The van der Waals surface area contributed by atoms with Crippen molar-refractivity contribution in [3.05, 3.63) is 11.5 Å². The third-order valence-electron chi connectivity index (χ3n) is 5.60. The third kappa shape index (κ3) is 5.25. The third-order valence-corrected chi connectivity index (χ3v) is 7.74. The van der Waals surface area contributed by atoms with Crippen molar-refractivity contribution < 1.29 is 17.7 Å². The maximum atomic E-state index is 13.0. The molecule has 0 bridgehead atoms. The summed E-state index contributed by atoms with van der Waals surface area (Å²) in [7, 11) is -3.65. The molecule has 0 aromatic carbocycles. The topological polar surface area (TPSA) is 95.8 Å². The molecule has 0 spiro atoms. The number of halogens is 1. The van der Waals surface area contributed by atoms with Gasteiger partial charge in [0.1, 0.15) is 10.6 Å². The molecule has 0 saturated carbocycles. The van der Waals surface area contributed by atoms with Crippen molar-refractivity contribution in [3.8, 4) is 0 Å². The molecule has 1 aromatic heterocycles. The van der Waals surface area contributed by atoms with E-state index < -0.39 is 10.0 Å². The highest BCUT2D eigenvalue weighted by atomic mass is 35.5. The minimum atomic E-state index is -3.65. The molecule has 0 radical (unpaired) electrons. The van der Waals surface area contributed by atoms with Gasteiger partial charge in [-0.15, -0.1) is 12.4 Å². The lowest BCUT2D eigenvalue weighted by Crippen LogP contribution is -2.37. The van der Waals surface area contributed by atoms with Gasteiger partial charge in [0.25, 0.3) is 0 Å². The Morgan fingerprint density at radius 1 is 1.18 bits per heavy atom. The summed E-state index contributed by atoms with van der Waals surface area (Å²) in [6.45, 7) is 7.09. The van der Waals surface area contributed by atoms with Gasteiger partial charge in [0.05, 0.1) is 0 Å². The molecule has 2 saturated heterocycles. The summed E-state index contributed by atoms with van der Waals surface area (Å²) in [4.78, 5) is 14.6. The average Bonchev–Trinajstić information content (AvgIpc) is 2.86. The Morgan fingerprint density at radius 2 is 1.89 bits per heavy atom. The lowest BCUT2D eigenvalue weighted by Gasteiger charge is -2.25. The minimum absolute atomic E-state index is 0. The Balaban J connectivity index is 0.00000280. The molecule has 3 heterocycles. The van der Waals surface area contributed by atoms with Crippen molar-refractivity contribution in [1.29, 1.82) is 0 Å². The molecule has 160 valence electrons. The van der Waals surface area contributed by atoms with E-state index in [1.807, 2.05) is 4.90 Å². The van der Waals surface area contributed by atoms with Gasteiger partial charge in [0.15, 0.2) is 5.76 Å². The van der Waals surface area contributed by atoms with Gasteiger partial charge in [-0.05, 0) is 58.5 Å². The Hall–Kier alpha value is -1.16. The standard InChI is InChI=1S/C18H30N4O4S.ClH/c1-14-18(15(2)26-20-14)27(24,25)22-11-3-10-21(12-13-22)17(23)5-4-16-6-8-19-9-7-16;/h16,19H,3-13H2,1-2H3;1H. The SMILES string of the molecule is Cc1noc(C)c1S(=O)(=O)N1CCCN(C(=O)CCC2CCNCC2)CC1.Cl. The molecule has 2 aliphatic heterocycles. The Kier molecular flexibility index (Phi) is 8.30. The fourth-order valence-electron chi connectivity index (χ4n) is 4.01. The number of nitrogens with one attached hydrogen (secondary N) is 1. The Morgan fingerprint density at radius 3 is 2.54 bits per heavy atom. The predicted molar refractivity (Wildman–Crippen MR) is 108 cm³/mol. The molecule has 10 heteroatoms. The lowest BCUT2D eigenvalue weighted by atomic mass is 9.93. The number of carbonyl (C=O) groups is 1. The van der Waals surface area contributed by atoms with Crippen LogP contribution in [-0.4, -0.2) is 68.0 Å². The highest BCUT2D eigenvalue weighted by molar-refractivity contribution is 7.89. The number of carbonyl (C=O) groups excluding carboxylic acids is 1. The minimum Gasteiger partial charge on any atom is -0.360 e. The van der Waals surface area contributed by atoms with Gasteiger partial charge in [-0.25, -0.2) is 8.42 Å². The number of nitrogens with zero attached hydrogens (tertiary/aromatic N) is 3. The molecule has 1 aromatic rings. The second kappa shape index (κ2) is 10.0. The second-order valence-corrected chi connectivity index (χ2v) is 9.40. The number of aromatic nitrogens is 1. The summed E-state index contributed by atoms with van der Waals surface area (Å²) >= 11 is 0. The number of amides is 1. The van der Waals surface area contributed by atoms with Crippen LogP contribution in [0.4, 0.5) is 0 Å². The van der Waals surface area contributed by atoms with Crippen LogP contribution in [0.5, 0.6) is 0 Å². The molecule has 1 amide bonds. The number of hydrogen-bond acceptors (Lipinski definition) is 6. The van der Waals surface area contributed by atoms with E-state index in [2.05, 4.69) is 10.5 Å². The summed E-state index contributed by atoms with van der Waals surface area (Å²) < 4.78 is 32.4. The molecule has 0 aliphatic carbocycles. The quantitative estimate of drug-likeness (QED) is 0.757. The van der Waals surface area contributed by atoms with Crippen LogP contribution >= 0.6 is 12.4 Å². The van der Waals surface area contributed by atoms with E-state index in [0.717, 1.165) is 32.4 Å². The van der Waals surface area contributed by atoms with E-state index in [4.69, 9.17) is 4.52 Å². The molecule has 28 heavy (non-hydrogen) atoms. The van der Waals surface area contributed by atoms with Crippen LogP contribution in [0, 0.1) is 19.8 Å². The van der Waals surface area contributed by atoms with Crippen molar-refractivity contribution >= 4 is 28.3 Å². The fraction of sp³-hybridized carbons (Fsp3) is 0.778. The largest absolute Gasteiger partial charge is 0.360 e. The van der Waals surface area contributed by atoms with Gasteiger partial charge in [-0.3, -0.25) is 4.79 Å². The van der Waals surface area contributed by atoms with Gasteiger partial charge < -0.3 is 14.7 Å². The summed E-state index contributed by atoms with van der Waals surface area (Å²) in [6.07, 6.45) is 4.40. The van der Waals surface area contributed by atoms with Gasteiger partial charge in [-0.2, -0.15) is 4.31 Å². The van der Waals surface area contributed by atoms with Crippen molar-refractivity contribution in [1.82, 2.24) is 19.7 Å². The highest BCUT2D eigenvalue weighted by Crippen LogP contribution is 2.24. The molecular weight excluding hydrogens is 404 g/mol. The maximum Gasteiger partial charge on any atom is 0.248 e. The Bertz CT molecular complexity index is 742. The van der Waals surface area contributed by atoms with Crippen molar-refractivity contribution in [2.45, 2.75) is 50.8 Å². The molecular formula is C18H31ClN4O4S. The zero-order chi connectivity index (χ0) is 19.4. The van der Waals surface area contributed by atoms with Crippen molar-refractivity contribution in [2.75, 3.05) is 39.3 Å². The molecule has 0 atom stereocenters. The molecule has 0 unspecified atom stereocenters. The van der Waals surface area contributed by atoms with Crippen molar-refractivity contribution in [3.63, 3.8) is 0 Å². The van der Waals surface area contributed by atoms with Crippen LogP contribution in [0.25, 0.3) is 0 Å². The van der Waals surface area contributed by atoms with Gasteiger partial charge in [0.2, 0.25) is 15.9 Å². The number of rotatable bonds is 5. The normalized spacial score (nSPS) is 19.9.